The van der Waals surface area contributed by atoms with Gasteiger partial charge in [0.25, 0.3) is 0 Å². The van der Waals surface area contributed by atoms with Gasteiger partial charge in [0.2, 0.25) is 0 Å². The van der Waals surface area contributed by atoms with E-state index in [1.807, 2.05) is 7.05 Å². The fraction of sp³-hybridized carbons (Fsp3) is 0.600. The van der Waals surface area contributed by atoms with Crippen molar-refractivity contribution in [2.75, 3.05) is 12.4 Å². The van der Waals surface area contributed by atoms with Crippen molar-refractivity contribution in [1.29, 1.82) is 0 Å². The van der Waals surface area contributed by atoms with Gasteiger partial charge in [-0.2, -0.15) is 0 Å². The summed E-state index contributed by atoms with van der Waals surface area (Å²) in [5.74, 6) is 2.27. The molecule has 2 rings (SSSR count). The lowest BCUT2D eigenvalue weighted by Crippen LogP contribution is -2.09. The Labute approximate surface area is 110 Å². The first-order valence-corrected chi connectivity index (χ1v) is 6.89. The van der Waals surface area contributed by atoms with Crippen molar-refractivity contribution in [2.45, 2.75) is 52.4 Å². The summed E-state index contributed by atoms with van der Waals surface area (Å²) in [6.07, 6.45) is 7.27. The van der Waals surface area contributed by atoms with Crippen molar-refractivity contribution in [3.63, 3.8) is 0 Å². The minimum absolute atomic E-state index is 0.362. The highest BCUT2D eigenvalue weighted by Crippen LogP contribution is 2.30. The Hall–Kier alpha value is -1.38. The second-order valence-electron chi connectivity index (χ2n) is 5.28. The molecular weight excluding hydrogens is 222 g/mol. The van der Waals surface area contributed by atoms with Crippen molar-refractivity contribution in [1.82, 2.24) is 9.97 Å². The molecule has 3 nitrogen and oxygen atoms in total. The summed E-state index contributed by atoms with van der Waals surface area (Å²) in [5.41, 5.74) is 3.73. The van der Waals surface area contributed by atoms with Gasteiger partial charge in [-0.25, -0.2) is 9.97 Å². The molecule has 0 bridgehead atoms. The second-order valence-corrected chi connectivity index (χ2v) is 5.28. The molecule has 0 aromatic carbocycles. The number of rotatable bonds is 3. The van der Waals surface area contributed by atoms with Gasteiger partial charge in [0.05, 0.1) is 5.69 Å². The molecule has 1 aliphatic carbocycles. The van der Waals surface area contributed by atoms with Crippen LogP contribution in [0, 0.1) is 6.92 Å². The molecule has 0 saturated carbocycles. The third-order valence-corrected chi connectivity index (χ3v) is 3.51. The number of hydrogen-bond donors (Lipinski definition) is 1. The van der Waals surface area contributed by atoms with Gasteiger partial charge in [-0.05, 0) is 38.2 Å². The molecule has 0 unspecified atom stereocenters. The standard InChI is InChI=1S/C15H23N3/c1-10(2)14-17-13(11(3)15(16-4)18-14)12-8-6-5-7-9-12/h8,10H,5-7,9H2,1-4H3,(H,16,17,18). The minimum Gasteiger partial charge on any atom is -0.373 e. The molecule has 0 radical (unpaired) electrons. The number of aromatic nitrogens is 2. The Balaban J connectivity index is 2.50. The SMILES string of the molecule is CNc1nc(C(C)C)nc(C2=CCCCC2)c1C. The van der Waals surface area contributed by atoms with Gasteiger partial charge in [0.1, 0.15) is 11.6 Å². The van der Waals surface area contributed by atoms with Crippen LogP contribution in [0.4, 0.5) is 5.82 Å². The maximum absolute atomic E-state index is 4.78. The monoisotopic (exact) mass is 245 g/mol. The predicted octanol–water partition coefficient (Wildman–Crippen LogP) is 3.91. The van der Waals surface area contributed by atoms with Crippen LogP contribution < -0.4 is 5.32 Å². The van der Waals surface area contributed by atoms with Gasteiger partial charge in [-0.15, -0.1) is 0 Å². The zero-order valence-corrected chi connectivity index (χ0v) is 11.9. The Bertz CT molecular complexity index is 461. The lowest BCUT2D eigenvalue weighted by Gasteiger charge is -2.18. The molecule has 1 aromatic rings. The molecule has 1 heterocycles. The number of hydrogen-bond acceptors (Lipinski definition) is 3. The summed E-state index contributed by atoms with van der Waals surface area (Å²) in [7, 11) is 1.93. The zero-order chi connectivity index (χ0) is 13.1. The second kappa shape index (κ2) is 5.51. The largest absolute Gasteiger partial charge is 0.373 e. The van der Waals surface area contributed by atoms with Crippen LogP contribution in [0.1, 0.15) is 62.5 Å². The highest BCUT2D eigenvalue weighted by atomic mass is 15.0. The van der Waals surface area contributed by atoms with Gasteiger partial charge in [-0.3, -0.25) is 0 Å². The third-order valence-electron chi connectivity index (χ3n) is 3.51. The molecule has 1 N–H and O–H groups in total. The van der Waals surface area contributed by atoms with E-state index in [0.717, 1.165) is 23.8 Å². The van der Waals surface area contributed by atoms with Gasteiger partial charge in [-0.1, -0.05) is 19.9 Å². The third kappa shape index (κ3) is 2.55. The van der Waals surface area contributed by atoms with Crippen molar-refractivity contribution >= 4 is 11.4 Å². The van der Waals surface area contributed by atoms with Gasteiger partial charge < -0.3 is 5.32 Å². The molecular formula is C15H23N3. The number of nitrogens with zero attached hydrogens (tertiary/aromatic N) is 2. The minimum atomic E-state index is 0.362. The summed E-state index contributed by atoms with van der Waals surface area (Å²) in [6, 6.07) is 0. The van der Waals surface area contributed by atoms with E-state index < -0.39 is 0 Å². The summed E-state index contributed by atoms with van der Waals surface area (Å²) >= 11 is 0. The first kappa shape index (κ1) is 13.1. The maximum atomic E-state index is 4.78. The molecule has 0 aliphatic heterocycles. The van der Waals surface area contributed by atoms with Crippen molar-refractivity contribution in [2.24, 2.45) is 0 Å². The van der Waals surface area contributed by atoms with E-state index in [1.165, 1.54) is 30.4 Å². The maximum Gasteiger partial charge on any atom is 0.133 e. The fourth-order valence-corrected chi connectivity index (χ4v) is 2.40. The highest BCUT2D eigenvalue weighted by Gasteiger charge is 2.16. The number of allylic oxidation sites excluding steroid dienone is 2. The molecule has 3 heteroatoms. The van der Waals surface area contributed by atoms with Crippen LogP contribution in [-0.4, -0.2) is 17.0 Å². The lowest BCUT2D eigenvalue weighted by molar-refractivity contribution is 0.731. The Morgan fingerprint density at radius 3 is 2.56 bits per heavy atom. The van der Waals surface area contributed by atoms with E-state index in [1.54, 1.807) is 0 Å². The van der Waals surface area contributed by atoms with Crippen LogP contribution in [0.15, 0.2) is 6.08 Å². The average Bonchev–Trinajstić information content (AvgIpc) is 2.39. The summed E-state index contributed by atoms with van der Waals surface area (Å²) in [6.45, 7) is 6.40. The lowest BCUT2D eigenvalue weighted by atomic mass is 9.94. The topological polar surface area (TPSA) is 37.8 Å². The summed E-state index contributed by atoms with van der Waals surface area (Å²) in [5, 5.41) is 3.19. The van der Waals surface area contributed by atoms with Crippen LogP contribution in [0.2, 0.25) is 0 Å². The first-order valence-electron chi connectivity index (χ1n) is 6.89. The summed E-state index contributed by atoms with van der Waals surface area (Å²) < 4.78 is 0. The predicted molar refractivity (Wildman–Crippen MR) is 76.8 cm³/mol. The van der Waals surface area contributed by atoms with E-state index in [9.17, 15) is 0 Å². The quantitative estimate of drug-likeness (QED) is 0.877. The van der Waals surface area contributed by atoms with Crippen molar-refractivity contribution < 1.29 is 0 Å². The van der Waals surface area contributed by atoms with Crippen LogP contribution in [0.3, 0.4) is 0 Å². The van der Waals surface area contributed by atoms with Crippen LogP contribution in [-0.2, 0) is 0 Å². The highest BCUT2D eigenvalue weighted by molar-refractivity contribution is 5.69. The van der Waals surface area contributed by atoms with Gasteiger partial charge in [0.15, 0.2) is 0 Å². The molecule has 0 spiro atoms. The van der Waals surface area contributed by atoms with E-state index in [0.29, 0.717) is 5.92 Å². The molecule has 0 saturated heterocycles. The zero-order valence-electron chi connectivity index (χ0n) is 11.9. The molecule has 18 heavy (non-hydrogen) atoms. The van der Waals surface area contributed by atoms with E-state index >= 15 is 0 Å². The normalized spacial score (nSPS) is 15.7. The van der Waals surface area contributed by atoms with Gasteiger partial charge in [0, 0.05) is 18.5 Å². The van der Waals surface area contributed by atoms with Crippen LogP contribution in [0.5, 0.6) is 0 Å². The first-order chi connectivity index (χ1) is 8.63. The van der Waals surface area contributed by atoms with Crippen molar-refractivity contribution in [3.05, 3.63) is 23.2 Å². The number of nitrogens with one attached hydrogen (secondary N) is 1. The molecule has 1 aromatic heterocycles. The molecule has 0 atom stereocenters. The van der Waals surface area contributed by atoms with E-state index in [4.69, 9.17) is 4.98 Å². The number of anilines is 1. The molecule has 1 aliphatic rings. The van der Waals surface area contributed by atoms with Gasteiger partial charge >= 0.3 is 0 Å². The molecule has 98 valence electrons. The molecule has 0 fully saturated rings. The smallest absolute Gasteiger partial charge is 0.133 e. The Kier molecular flexibility index (Phi) is 4.00. The molecule has 0 amide bonds. The van der Waals surface area contributed by atoms with Crippen LogP contribution in [0.25, 0.3) is 5.57 Å². The summed E-state index contributed by atoms with van der Waals surface area (Å²) in [4.78, 5) is 9.38. The Morgan fingerprint density at radius 2 is 2.00 bits per heavy atom. The fourth-order valence-electron chi connectivity index (χ4n) is 2.40. The van der Waals surface area contributed by atoms with Crippen LogP contribution >= 0.6 is 0 Å². The van der Waals surface area contributed by atoms with Crippen molar-refractivity contribution in [3.8, 4) is 0 Å². The van der Waals surface area contributed by atoms with E-state index in [2.05, 4.69) is 37.1 Å². The average molecular weight is 245 g/mol. The Morgan fingerprint density at radius 1 is 1.22 bits per heavy atom. The van der Waals surface area contributed by atoms with E-state index in [-0.39, 0.29) is 0 Å².